The van der Waals surface area contributed by atoms with Gasteiger partial charge in [-0.2, -0.15) is 0 Å². The van der Waals surface area contributed by atoms with E-state index in [1.54, 1.807) is 20.4 Å². The van der Waals surface area contributed by atoms with Crippen LogP contribution in [0.1, 0.15) is 18.4 Å². The Labute approximate surface area is 129 Å². The number of anilines is 1. The summed E-state index contributed by atoms with van der Waals surface area (Å²) in [5.74, 6) is 1.25. The minimum atomic E-state index is -0.142. The highest BCUT2D eigenvalue weighted by atomic mass is 32.2. The van der Waals surface area contributed by atoms with E-state index in [2.05, 4.69) is 14.9 Å². The zero-order valence-electron chi connectivity index (χ0n) is 12.8. The number of rotatable bonds is 6. The van der Waals surface area contributed by atoms with E-state index in [1.165, 1.54) is 11.8 Å². The largest absolute Gasteiger partial charge is 0.391 e. The molecular weight excluding hydrogens is 290 g/mol. The van der Waals surface area contributed by atoms with Crippen LogP contribution in [-0.2, 0) is 16.1 Å². The predicted octanol–water partition coefficient (Wildman–Crippen LogP) is 1.53. The highest BCUT2D eigenvalue weighted by molar-refractivity contribution is 7.98. The van der Waals surface area contributed by atoms with Gasteiger partial charge in [-0.05, 0) is 19.1 Å². The quantitative estimate of drug-likeness (QED) is 0.485. The molecule has 7 heteroatoms. The van der Waals surface area contributed by atoms with E-state index in [0.29, 0.717) is 5.92 Å². The lowest BCUT2D eigenvalue weighted by Gasteiger charge is -2.36. The molecule has 1 aromatic heterocycles. The van der Waals surface area contributed by atoms with Crippen molar-refractivity contribution in [2.24, 2.45) is 5.92 Å². The van der Waals surface area contributed by atoms with Crippen LogP contribution < -0.4 is 4.90 Å². The molecule has 2 rings (SSSR count). The maximum Gasteiger partial charge on any atom is 0.189 e. The van der Waals surface area contributed by atoms with Gasteiger partial charge in [-0.3, -0.25) is 0 Å². The molecular formula is C14H23N3O3S. The molecule has 1 aromatic rings. The van der Waals surface area contributed by atoms with Crippen LogP contribution in [0.3, 0.4) is 0 Å². The van der Waals surface area contributed by atoms with Crippen molar-refractivity contribution < 1.29 is 14.6 Å². The van der Waals surface area contributed by atoms with Gasteiger partial charge in [-0.25, -0.2) is 9.97 Å². The summed E-state index contributed by atoms with van der Waals surface area (Å²) in [5, 5.41) is 10.2. The summed E-state index contributed by atoms with van der Waals surface area (Å²) in [4.78, 5) is 11.0. The van der Waals surface area contributed by atoms with Crippen molar-refractivity contribution in [3.8, 4) is 0 Å². The maximum absolute atomic E-state index is 9.48. The minimum absolute atomic E-state index is 0.0390. The molecule has 1 fully saturated rings. The molecule has 0 saturated carbocycles. The van der Waals surface area contributed by atoms with E-state index in [-0.39, 0.29) is 12.9 Å². The molecule has 0 spiro atoms. The summed E-state index contributed by atoms with van der Waals surface area (Å²) in [5.41, 5.74) is 0.779. The molecule has 0 bridgehead atoms. The first-order chi connectivity index (χ1) is 10.2. The first-order valence-corrected chi connectivity index (χ1v) is 8.27. The van der Waals surface area contributed by atoms with Gasteiger partial charge < -0.3 is 19.5 Å². The number of ether oxygens (including phenoxy) is 2. The molecule has 1 aliphatic rings. The van der Waals surface area contributed by atoms with Crippen molar-refractivity contribution in [2.75, 3.05) is 38.5 Å². The summed E-state index contributed by atoms with van der Waals surface area (Å²) in [6, 6.07) is 0. The molecule has 1 aliphatic heterocycles. The first kappa shape index (κ1) is 16.5. The fourth-order valence-electron chi connectivity index (χ4n) is 2.73. The summed E-state index contributed by atoms with van der Waals surface area (Å²) < 4.78 is 10.7. The number of aromatic nitrogens is 2. The third kappa shape index (κ3) is 3.85. The maximum atomic E-state index is 9.48. The Hall–Kier alpha value is -0.890. The molecule has 0 amide bonds. The third-order valence-electron chi connectivity index (χ3n) is 3.86. The molecule has 6 nitrogen and oxygen atoms in total. The second kappa shape index (κ2) is 7.93. The number of aliphatic hydroxyl groups is 1. The fourth-order valence-corrected chi connectivity index (χ4v) is 3.07. The van der Waals surface area contributed by atoms with Crippen molar-refractivity contribution in [2.45, 2.75) is 30.9 Å². The molecule has 0 unspecified atom stereocenters. The molecule has 2 heterocycles. The van der Waals surface area contributed by atoms with E-state index in [4.69, 9.17) is 9.47 Å². The molecule has 0 aliphatic carbocycles. The van der Waals surface area contributed by atoms with Crippen molar-refractivity contribution >= 4 is 17.6 Å². The zero-order valence-corrected chi connectivity index (χ0v) is 13.6. The first-order valence-electron chi connectivity index (χ1n) is 7.04. The number of hydrogen-bond acceptors (Lipinski definition) is 7. The lowest BCUT2D eigenvalue weighted by atomic mass is 9.96. The number of hydrogen-bond donors (Lipinski definition) is 1. The summed E-state index contributed by atoms with van der Waals surface area (Å²) >= 11 is 1.51. The van der Waals surface area contributed by atoms with E-state index >= 15 is 0 Å². The van der Waals surface area contributed by atoms with E-state index in [1.807, 2.05) is 6.26 Å². The van der Waals surface area contributed by atoms with Gasteiger partial charge in [0.25, 0.3) is 0 Å². The summed E-state index contributed by atoms with van der Waals surface area (Å²) in [6.07, 6.45) is 5.49. The highest BCUT2D eigenvalue weighted by Gasteiger charge is 2.28. The predicted molar refractivity (Wildman–Crippen MR) is 82.5 cm³/mol. The SMILES string of the molecule is COC(OC)C1CCN(c2nc(SC)ncc2CO)CC1. The second-order valence-electron chi connectivity index (χ2n) is 5.03. The van der Waals surface area contributed by atoms with Crippen LogP contribution in [0.4, 0.5) is 5.82 Å². The van der Waals surface area contributed by atoms with Crippen LogP contribution in [0.2, 0.25) is 0 Å². The van der Waals surface area contributed by atoms with E-state index in [9.17, 15) is 5.11 Å². The van der Waals surface area contributed by atoms with Gasteiger partial charge in [0.15, 0.2) is 11.4 Å². The Morgan fingerprint density at radius 2 is 2.05 bits per heavy atom. The Morgan fingerprint density at radius 1 is 1.38 bits per heavy atom. The fraction of sp³-hybridized carbons (Fsp3) is 0.714. The smallest absolute Gasteiger partial charge is 0.189 e. The number of piperidine rings is 1. The lowest BCUT2D eigenvalue weighted by Crippen LogP contribution is -2.39. The third-order valence-corrected chi connectivity index (χ3v) is 4.42. The molecule has 0 aromatic carbocycles. The summed E-state index contributed by atoms with van der Waals surface area (Å²) in [6.45, 7) is 1.72. The van der Waals surface area contributed by atoms with Crippen LogP contribution in [0.5, 0.6) is 0 Å². The molecule has 1 N–H and O–H groups in total. The average molecular weight is 313 g/mol. The standard InChI is InChI=1S/C14H23N3O3S/c1-19-13(20-2)10-4-6-17(7-5-10)12-11(9-18)8-15-14(16-12)21-3/h8,10,13,18H,4-7,9H2,1-3H3. The highest BCUT2D eigenvalue weighted by Crippen LogP contribution is 2.28. The Morgan fingerprint density at radius 3 is 2.57 bits per heavy atom. The van der Waals surface area contributed by atoms with Gasteiger partial charge >= 0.3 is 0 Å². The molecule has 1 saturated heterocycles. The number of aliphatic hydroxyl groups excluding tert-OH is 1. The van der Waals surface area contributed by atoms with E-state index in [0.717, 1.165) is 42.5 Å². The van der Waals surface area contributed by atoms with Crippen molar-refractivity contribution in [3.05, 3.63) is 11.8 Å². The van der Waals surface area contributed by atoms with Crippen molar-refractivity contribution in [1.82, 2.24) is 9.97 Å². The van der Waals surface area contributed by atoms with Crippen LogP contribution in [-0.4, -0.2) is 54.9 Å². The Balaban J connectivity index is 2.08. The van der Waals surface area contributed by atoms with Gasteiger partial charge in [0.05, 0.1) is 6.61 Å². The second-order valence-corrected chi connectivity index (χ2v) is 5.80. The Bertz CT molecular complexity index is 449. The van der Waals surface area contributed by atoms with Gasteiger partial charge in [0.1, 0.15) is 5.82 Å². The average Bonchev–Trinajstić information content (AvgIpc) is 2.56. The van der Waals surface area contributed by atoms with Gasteiger partial charge in [-0.15, -0.1) is 0 Å². The minimum Gasteiger partial charge on any atom is -0.391 e. The molecule has 0 radical (unpaired) electrons. The normalized spacial score (nSPS) is 16.7. The monoisotopic (exact) mass is 313 g/mol. The topological polar surface area (TPSA) is 67.7 Å². The van der Waals surface area contributed by atoms with Gasteiger partial charge in [-0.1, -0.05) is 11.8 Å². The van der Waals surface area contributed by atoms with Gasteiger partial charge in [0.2, 0.25) is 0 Å². The molecule has 118 valence electrons. The van der Waals surface area contributed by atoms with Crippen LogP contribution in [0.25, 0.3) is 0 Å². The van der Waals surface area contributed by atoms with E-state index < -0.39 is 0 Å². The number of nitrogens with zero attached hydrogens (tertiary/aromatic N) is 3. The summed E-state index contributed by atoms with van der Waals surface area (Å²) in [7, 11) is 3.36. The van der Waals surface area contributed by atoms with Gasteiger partial charge in [0, 0.05) is 45.0 Å². The Kier molecular flexibility index (Phi) is 6.22. The number of methoxy groups -OCH3 is 2. The van der Waals surface area contributed by atoms with Crippen LogP contribution in [0.15, 0.2) is 11.4 Å². The van der Waals surface area contributed by atoms with Crippen molar-refractivity contribution in [3.63, 3.8) is 0 Å². The lowest BCUT2D eigenvalue weighted by molar-refractivity contribution is -0.141. The van der Waals surface area contributed by atoms with Crippen LogP contribution in [0, 0.1) is 5.92 Å². The zero-order chi connectivity index (χ0) is 15.2. The number of thioether (sulfide) groups is 1. The van der Waals surface area contributed by atoms with Crippen LogP contribution >= 0.6 is 11.8 Å². The molecule has 21 heavy (non-hydrogen) atoms. The molecule has 0 atom stereocenters. The van der Waals surface area contributed by atoms with Crippen molar-refractivity contribution in [1.29, 1.82) is 0 Å².